The quantitative estimate of drug-likeness (QED) is 0.0321. The van der Waals surface area contributed by atoms with Crippen LogP contribution in [0.1, 0.15) is 322 Å². The lowest BCUT2D eigenvalue weighted by Gasteiger charge is -2.22. The zero-order valence-electron chi connectivity index (χ0n) is 43.3. The first kappa shape index (κ1) is 62.6. The average molecular weight is 905 g/mol. The summed E-state index contributed by atoms with van der Waals surface area (Å²) in [6.07, 6.45) is 63.4. The van der Waals surface area contributed by atoms with Crippen LogP contribution in [0.4, 0.5) is 0 Å². The molecular formula is C58H113NO5. The number of allylic oxidation sites excluding steroid dienone is 2. The van der Waals surface area contributed by atoms with Gasteiger partial charge in [0, 0.05) is 12.8 Å². The van der Waals surface area contributed by atoms with Crippen molar-refractivity contribution >= 4 is 11.9 Å². The number of rotatable bonds is 54. The molecule has 0 aromatic heterocycles. The predicted molar refractivity (Wildman–Crippen MR) is 278 cm³/mol. The van der Waals surface area contributed by atoms with Crippen molar-refractivity contribution in [1.82, 2.24) is 5.32 Å². The fourth-order valence-electron chi connectivity index (χ4n) is 9.11. The number of aliphatic hydroxyl groups is 2. The highest BCUT2D eigenvalue weighted by atomic mass is 16.5. The van der Waals surface area contributed by atoms with Gasteiger partial charge in [-0.25, -0.2) is 0 Å². The average Bonchev–Trinajstić information content (AvgIpc) is 3.29. The standard InChI is InChI=1S/C58H113NO5/c1-3-5-7-9-11-13-15-17-19-21-23-24-26-28-30-34-38-42-46-50-56(61)55(54-60)59-57(62)51-47-43-39-35-32-33-37-41-45-49-53-64-58(63)52-48-44-40-36-31-29-27-25-22-20-18-16-14-12-10-8-6-4-2/h20,22,55-56,60-61H,3-19,21,23-54H2,1-2H3,(H,59,62)/b22-20-. The summed E-state index contributed by atoms with van der Waals surface area (Å²) in [4.78, 5) is 24.6. The summed E-state index contributed by atoms with van der Waals surface area (Å²) in [5, 5.41) is 23.3. The first-order valence-electron chi connectivity index (χ1n) is 28.9. The number of ether oxygens (including phenoxy) is 1. The van der Waals surface area contributed by atoms with Gasteiger partial charge in [0.15, 0.2) is 0 Å². The van der Waals surface area contributed by atoms with Crippen LogP contribution in [0.15, 0.2) is 12.2 Å². The van der Waals surface area contributed by atoms with Gasteiger partial charge in [-0.1, -0.05) is 270 Å². The maximum Gasteiger partial charge on any atom is 0.305 e. The van der Waals surface area contributed by atoms with Crippen LogP contribution >= 0.6 is 0 Å². The van der Waals surface area contributed by atoms with Gasteiger partial charge in [-0.2, -0.15) is 0 Å². The lowest BCUT2D eigenvalue weighted by molar-refractivity contribution is -0.143. The van der Waals surface area contributed by atoms with Crippen molar-refractivity contribution < 1.29 is 24.5 Å². The summed E-state index contributed by atoms with van der Waals surface area (Å²) in [5.41, 5.74) is 0. The van der Waals surface area contributed by atoms with E-state index in [9.17, 15) is 19.8 Å². The van der Waals surface area contributed by atoms with E-state index < -0.39 is 12.1 Å². The zero-order valence-corrected chi connectivity index (χ0v) is 43.3. The number of unbranched alkanes of at least 4 members (excludes halogenated alkanes) is 41. The van der Waals surface area contributed by atoms with E-state index in [1.54, 1.807) is 0 Å². The van der Waals surface area contributed by atoms with Gasteiger partial charge in [-0.15, -0.1) is 0 Å². The van der Waals surface area contributed by atoms with Crippen molar-refractivity contribution in [3.8, 4) is 0 Å². The Morgan fingerprint density at radius 1 is 0.422 bits per heavy atom. The fraction of sp³-hybridized carbons (Fsp3) is 0.931. The number of amides is 1. The van der Waals surface area contributed by atoms with Crippen molar-refractivity contribution in [2.24, 2.45) is 0 Å². The minimum atomic E-state index is -0.679. The lowest BCUT2D eigenvalue weighted by Crippen LogP contribution is -2.45. The Morgan fingerprint density at radius 2 is 0.734 bits per heavy atom. The van der Waals surface area contributed by atoms with Crippen LogP contribution in [-0.4, -0.2) is 47.4 Å². The van der Waals surface area contributed by atoms with Gasteiger partial charge < -0.3 is 20.3 Å². The van der Waals surface area contributed by atoms with Gasteiger partial charge >= 0.3 is 5.97 Å². The minimum absolute atomic E-state index is 0.0206. The number of nitrogens with one attached hydrogen (secondary N) is 1. The summed E-state index contributed by atoms with van der Waals surface area (Å²) in [6.45, 7) is 4.92. The molecule has 0 aliphatic rings. The van der Waals surface area contributed by atoms with Gasteiger partial charge in [-0.3, -0.25) is 9.59 Å². The molecule has 2 unspecified atom stereocenters. The van der Waals surface area contributed by atoms with E-state index >= 15 is 0 Å². The van der Waals surface area contributed by atoms with Crippen molar-refractivity contribution in [2.75, 3.05) is 13.2 Å². The summed E-state index contributed by atoms with van der Waals surface area (Å²) in [5.74, 6) is -0.0754. The van der Waals surface area contributed by atoms with Crippen LogP contribution in [-0.2, 0) is 14.3 Å². The molecule has 1 amide bonds. The Morgan fingerprint density at radius 3 is 1.11 bits per heavy atom. The molecule has 0 aliphatic heterocycles. The fourth-order valence-corrected chi connectivity index (χ4v) is 9.11. The Kier molecular flexibility index (Phi) is 53.0. The Labute approximate surface area is 399 Å². The lowest BCUT2D eigenvalue weighted by atomic mass is 10.0. The summed E-state index contributed by atoms with van der Waals surface area (Å²) in [6, 6.07) is -0.558. The SMILES string of the molecule is CCCCCCCCC/C=C\CCCCCCCCCC(=O)OCCCCCCCCCCCCC(=O)NC(CO)C(O)CCCCCCCCCCCCCCCCCCCCC. The molecule has 0 spiro atoms. The molecule has 2 atom stereocenters. The molecule has 0 saturated carbocycles. The Bertz CT molecular complexity index is 955. The Balaban J connectivity index is 3.46. The number of aliphatic hydroxyl groups excluding tert-OH is 2. The first-order valence-corrected chi connectivity index (χ1v) is 28.9. The van der Waals surface area contributed by atoms with E-state index in [2.05, 4.69) is 31.3 Å². The highest BCUT2D eigenvalue weighted by Gasteiger charge is 2.20. The second-order valence-corrected chi connectivity index (χ2v) is 20.0. The summed E-state index contributed by atoms with van der Waals surface area (Å²) < 4.78 is 5.47. The number of carbonyl (C=O) groups is 2. The molecule has 0 aliphatic carbocycles. The monoisotopic (exact) mass is 904 g/mol. The van der Waals surface area contributed by atoms with Crippen molar-refractivity contribution in [3.63, 3.8) is 0 Å². The topological polar surface area (TPSA) is 95.9 Å². The van der Waals surface area contributed by atoms with Gasteiger partial charge in [-0.05, 0) is 51.4 Å². The maximum absolute atomic E-state index is 12.5. The third-order valence-corrected chi connectivity index (χ3v) is 13.6. The van der Waals surface area contributed by atoms with E-state index in [0.717, 1.165) is 57.8 Å². The third kappa shape index (κ3) is 50.0. The van der Waals surface area contributed by atoms with E-state index in [1.807, 2.05) is 0 Å². The van der Waals surface area contributed by atoms with E-state index in [0.29, 0.717) is 25.9 Å². The Hall–Kier alpha value is -1.40. The maximum atomic E-state index is 12.5. The molecule has 0 aromatic rings. The first-order chi connectivity index (χ1) is 31.5. The van der Waals surface area contributed by atoms with Crippen molar-refractivity contribution in [2.45, 2.75) is 334 Å². The molecule has 6 nitrogen and oxygen atoms in total. The van der Waals surface area contributed by atoms with Crippen molar-refractivity contribution in [3.05, 3.63) is 12.2 Å². The van der Waals surface area contributed by atoms with E-state index in [-0.39, 0.29) is 18.5 Å². The van der Waals surface area contributed by atoms with Gasteiger partial charge in [0.25, 0.3) is 0 Å². The zero-order chi connectivity index (χ0) is 46.5. The van der Waals surface area contributed by atoms with Crippen LogP contribution in [0.5, 0.6) is 0 Å². The minimum Gasteiger partial charge on any atom is -0.466 e. The molecule has 380 valence electrons. The molecule has 0 heterocycles. The summed E-state index contributed by atoms with van der Waals surface area (Å²) in [7, 11) is 0. The molecular weight excluding hydrogens is 791 g/mol. The second kappa shape index (κ2) is 54.2. The predicted octanol–water partition coefficient (Wildman–Crippen LogP) is 17.7. The largest absolute Gasteiger partial charge is 0.466 e. The number of hydrogen-bond donors (Lipinski definition) is 3. The summed E-state index contributed by atoms with van der Waals surface area (Å²) >= 11 is 0. The van der Waals surface area contributed by atoms with E-state index in [1.165, 1.54) is 231 Å². The molecule has 0 fully saturated rings. The smallest absolute Gasteiger partial charge is 0.305 e. The molecule has 0 bridgehead atoms. The van der Waals surface area contributed by atoms with E-state index in [4.69, 9.17) is 4.74 Å². The molecule has 3 N–H and O–H groups in total. The van der Waals surface area contributed by atoms with Gasteiger partial charge in [0.05, 0.1) is 25.4 Å². The highest BCUT2D eigenvalue weighted by Crippen LogP contribution is 2.17. The number of hydrogen-bond acceptors (Lipinski definition) is 5. The van der Waals surface area contributed by atoms with Crippen LogP contribution in [0.2, 0.25) is 0 Å². The molecule has 0 saturated heterocycles. The van der Waals surface area contributed by atoms with Crippen LogP contribution in [0.3, 0.4) is 0 Å². The normalized spacial score (nSPS) is 12.6. The van der Waals surface area contributed by atoms with Crippen LogP contribution in [0, 0.1) is 0 Å². The number of carbonyl (C=O) groups excluding carboxylic acids is 2. The van der Waals surface area contributed by atoms with Crippen molar-refractivity contribution in [1.29, 1.82) is 0 Å². The number of esters is 1. The highest BCUT2D eigenvalue weighted by molar-refractivity contribution is 5.76. The molecule has 0 radical (unpaired) electrons. The second-order valence-electron chi connectivity index (χ2n) is 20.0. The van der Waals surface area contributed by atoms with Gasteiger partial charge in [0.2, 0.25) is 5.91 Å². The third-order valence-electron chi connectivity index (χ3n) is 13.6. The molecule has 0 aromatic carbocycles. The molecule has 6 heteroatoms. The van der Waals surface area contributed by atoms with Crippen LogP contribution in [0.25, 0.3) is 0 Å². The van der Waals surface area contributed by atoms with Crippen LogP contribution < -0.4 is 5.32 Å². The molecule has 0 rings (SSSR count). The molecule has 64 heavy (non-hydrogen) atoms. The van der Waals surface area contributed by atoms with Gasteiger partial charge in [0.1, 0.15) is 0 Å².